The fraction of sp³-hybridized carbons (Fsp3) is 0.824. The number of nitrogens with zero attached hydrogens (tertiary/aromatic N) is 1. The van der Waals surface area contributed by atoms with E-state index in [1.165, 1.54) is 4.90 Å². The molecule has 3 aliphatic rings. The number of hydrogen-bond donors (Lipinski definition) is 6. The number of nitrogens with two attached hydrogens (primary N) is 2. The number of rotatable bonds is 12. The van der Waals surface area contributed by atoms with Crippen LogP contribution in [0.4, 0.5) is 13.6 Å². The van der Waals surface area contributed by atoms with E-state index in [0.29, 0.717) is 0 Å². The fourth-order valence-corrected chi connectivity index (χ4v) is 8.05. The molecule has 49 heavy (non-hydrogen) atoms. The molecule has 13 nitrogen and oxygen atoms in total. The van der Waals surface area contributed by atoms with E-state index in [4.69, 9.17) is 11.5 Å². The van der Waals surface area contributed by atoms with Gasteiger partial charge in [0, 0.05) is 24.9 Å². The lowest BCUT2D eigenvalue weighted by Crippen LogP contribution is -2.62. The van der Waals surface area contributed by atoms with Crippen LogP contribution < -0.4 is 32.7 Å². The molecule has 278 valence electrons. The molecule has 2 saturated carbocycles. The van der Waals surface area contributed by atoms with Crippen LogP contribution in [-0.2, 0) is 24.0 Å². The Morgan fingerprint density at radius 2 is 1.45 bits per heavy atom. The Labute approximate surface area is 288 Å². The molecule has 0 aromatic rings. The second-order valence-electron chi connectivity index (χ2n) is 17.5. The van der Waals surface area contributed by atoms with Crippen LogP contribution >= 0.6 is 0 Å². The minimum atomic E-state index is -3.01. The number of primary amides is 1. The molecule has 15 heteroatoms. The van der Waals surface area contributed by atoms with E-state index >= 15 is 0 Å². The Hall–Kier alpha value is -3.36. The van der Waals surface area contributed by atoms with Crippen LogP contribution in [0.1, 0.15) is 101 Å². The summed E-state index contributed by atoms with van der Waals surface area (Å²) in [6.45, 7) is 18.6. The van der Waals surface area contributed by atoms with Crippen LogP contribution in [-0.4, -0.2) is 89.6 Å². The third-order valence-corrected chi connectivity index (χ3v) is 11.5. The number of halogens is 2. The normalized spacial score (nSPS) is 24.4. The first-order valence-electron chi connectivity index (χ1n) is 17.0. The SMILES string of the molecule is CC(C)(N)C(=O)NC[C@@H](NC(=O)N[C@H](C(=O)N1C[C@]2(C[C@H]1C(=O)NC(CC(F)F)C(=O)C(N)=O)C(C)(C)C21CCC1)C(C)(C)C)C(C)(C)C. The molecule has 1 heterocycles. The molecule has 0 aromatic heterocycles. The summed E-state index contributed by atoms with van der Waals surface area (Å²) in [7, 11) is 0. The number of ketones is 1. The van der Waals surface area contributed by atoms with Gasteiger partial charge in [0.15, 0.2) is 0 Å². The third kappa shape index (κ3) is 7.70. The lowest BCUT2D eigenvalue weighted by molar-refractivity contribution is -0.143. The number of carbonyl (C=O) groups excluding carboxylic acids is 6. The molecular formula is C34H57F2N7O6. The summed E-state index contributed by atoms with van der Waals surface area (Å²) >= 11 is 0. The number of hydrogen-bond acceptors (Lipinski definition) is 7. The van der Waals surface area contributed by atoms with Crippen molar-refractivity contribution in [3.63, 3.8) is 0 Å². The number of nitrogens with one attached hydrogen (secondary N) is 4. The molecule has 1 saturated heterocycles. The number of fused-ring (bicyclic) bond motifs is 1. The second-order valence-corrected chi connectivity index (χ2v) is 17.5. The Morgan fingerprint density at radius 3 is 1.86 bits per heavy atom. The van der Waals surface area contributed by atoms with Crippen molar-refractivity contribution in [3.8, 4) is 0 Å². The van der Waals surface area contributed by atoms with Crippen molar-refractivity contribution in [1.29, 1.82) is 0 Å². The van der Waals surface area contributed by atoms with Crippen LogP contribution in [0.5, 0.6) is 0 Å². The standard InChI is InChI=1S/C34H57F2N7O6/c1-29(2,3)20(16-39-27(48)31(7,8)38)41-28(49)42-23(30(4,5)6)26(47)43-17-34(32(9,10)33(34)12-11-13-33)15-19(43)25(46)40-18(14-21(35)36)22(44)24(37)45/h18-21,23H,11-17,38H2,1-10H3,(H2,37,45)(H,39,48)(H,40,46)(H2,41,42,49)/t18?,19-,20+,23+,34+/m0/s1. The van der Waals surface area contributed by atoms with E-state index in [1.54, 1.807) is 34.6 Å². The van der Waals surface area contributed by atoms with Crippen LogP contribution in [0.25, 0.3) is 0 Å². The second kappa shape index (κ2) is 13.4. The summed E-state index contributed by atoms with van der Waals surface area (Å²) in [6, 6.07) is -5.39. The Morgan fingerprint density at radius 1 is 0.878 bits per heavy atom. The maximum Gasteiger partial charge on any atom is 0.315 e. The summed E-state index contributed by atoms with van der Waals surface area (Å²) in [4.78, 5) is 79.9. The Bertz CT molecular complexity index is 1350. The molecule has 3 rings (SSSR count). The monoisotopic (exact) mass is 697 g/mol. The summed E-state index contributed by atoms with van der Waals surface area (Å²) < 4.78 is 26.8. The fourth-order valence-electron chi connectivity index (χ4n) is 8.05. The quantitative estimate of drug-likeness (QED) is 0.167. The van der Waals surface area contributed by atoms with Crippen molar-refractivity contribution < 1.29 is 37.5 Å². The molecule has 3 fully saturated rings. The number of urea groups is 1. The summed E-state index contributed by atoms with van der Waals surface area (Å²) in [5, 5.41) is 10.7. The zero-order chi connectivity index (χ0) is 37.7. The Balaban J connectivity index is 1.92. The summed E-state index contributed by atoms with van der Waals surface area (Å²) in [6.07, 6.45) is -1.05. The lowest BCUT2D eigenvalue weighted by Gasteiger charge is -2.37. The predicted molar refractivity (Wildman–Crippen MR) is 179 cm³/mol. The van der Waals surface area contributed by atoms with Gasteiger partial charge in [-0.05, 0) is 54.8 Å². The first-order valence-corrected chi connectivity index (χ1v) is 17.0. The van der Waals surface area contributed by atoms with E-state index in [2.05, 4.69) is 35.1 Å². The van der Waals surface area contributed by atoms with Gasteiger partial charge in [0.2, 0.25) is 29.9 Å². The predicted octanol–water partition coefficient (Wildman–Crippen LogP) is 1.96. The van der Waals surface area contributed by atoms with Crippen molar-refractivity contribution in [2.75, 3.05) is 13.1 Å². The van der Waals surface area contributed by atoms with E-state index in [1.807, 2.05) is 20.8 Å². The van der Waals surface area contributed by atoms with Gasteiger partial charge in [0.25, 0.3) is 5.91 Å². The van der Waals surface area contributed by atoms with Crippen molar-refractivity contribution >= 4 is 35.4 Å². The van der Waals surface area contributed by atoms with Gasteiger partial charge in [-0.1, -0.05) is 61.8 Å². The first kappa shape index (κ1) is 40.1. The summed E-state index contributed by atoms with van der Waals surface area (Å²) in [5.41, 5.74) is 7.71. The number of likely N-dealkylation sites (tertiary alicyclic amines) is 1. The molecule has 0 radical (unpaired) electrons. The average molecular weight is 698 g/mol. The van der Waals surface area contributed by atoms with Gasteiger partial charge in [-0.3, -0.25) is 24.0 Å². The largest absolute Gasteiger partial charge is 0.363 e. The van der Waals surface area contributed by atoms with Crippen molar-refractivity contribution in [2.24, 2.45) is 38.5 Å². The Kier molecular flexibility index (Phi) is 11.0. The molecule has 2 aliphatic carbocycles. The molecule has 8 N–H and O–H groups in total. The van der Waals surface area contributed by atoms with Crippen molar-refractivity contribution in [3.05, 3.63) is 0 Å². The highest BCUT2D eigenvalue weighted by Gasteiger charge is 2.85. The number of Topliss-reactive ketones (excluding diaryl/α,β-unsaturated/α-hetero) is 1. The van der Waals surface area contributed by atoms with Crippen LogP contribution in [0.15, 0.2) is 0 Å². The van der Waals surface area contributed by atoms with Crippen LogP contribution in [0.3, 0.4) is 0 Å². The van der Waals surface area contributed by atoms with Gasteiger partial charge in [-0.15, -0.1) is 0 Å². The highest BCUT2D eigenvalue weighted by molar-refractivity contribution is 6.37. The lowest BCUT2D eigenvalue weighted by atomic mass is 9.73. The van der Waals surface area contributed by atoms with Gasteiger partial charge < -0.3 is 37.6 Å². The topological polar surface area (TPSA) is 206 Å². The van der Waals surface area contributed by atoms with E-state index < -0.39 is 94.2 Å². The van der Waals surface area contributed by atoms with Crippen molar-refractivity contribution in [2.45, 2.75) is 137 Å². The van der Waals surface area contributed by atoms with E-state index in [9.17, 15) is 37.5 Å². The molecule has 0 aromatic carbocycles. The summed E-state index contributed by atoms with van der Waals surface area (Å²) in [5.74, 6) is -4.60. The molecular weight excluding hydrogens is 640 g/mol. The average Bonchev–Trinajstić information content (AvgIpc) is 3.14. The minimum absolute atomic E-state index is 0.0718. The molecule has 2 spiro atoms. The van der Waals surface area contributed by atoms with Gasteiger partial charge in [-0.25, -0.2) is 13.6 Å². The third-order valence-electron chi connectivity index (χ3n) is 11.5. The first-order chi connectivity index (χ1) is 22.1. The minimum Gasteiger partial charge on any atom is -0.363 e. The van der Waals surface area contributed by atoms with Gasteiger partial charge >= 0.3 is 6.03 Å². The highest BCUT2D eigenvalue weighted by atomic mass is 19.3. The van der Waals surface area contributed by atoms with Gasteiger partial charge in [0.05, 0.1) is 11.6 Å². The smallest absolute Gasteiger partial charge is 0.315 e. The molecule has 5 atom stereocenters. The number of amides is 6. The molecule has 0 bridgehead atoms. The zero-order valence-corrected chi connectivity index (χ0v) is 30.6. The number of alkyl halides is 2. The highest BCUT2D eigenvalue weighted by Crippen LogP contribution is 2.88. The van der Waals surface area contributed by atoms with E-state index in [-0.39, 0.29) is 30.3 Å². The van der Waals surface area contributed by atoms with Crippen LogP contribution in [0.2, 0.25) is 0 Å². The van der Waals surface area contributed by atoms with Crippen molar-refractivity contribution in [1.82, 2.24) is 26.2 Å². The molecule has 6 amide bonds. The maximum atomic E-state index is 14.6. The molecule has 1 unspecified atom stereocenters. The van der Waals surface area contributed by atoms with Gasteiger partial charge in [0.1, 0.15) is 18.1 Å². The maximum absolute atomic E-state index is 14.6. The molecule has 1 aliphatic heterocycles. The zero-order valence-electron chi connectivity index (χ0n) is 30.6. The van der Waals surface area contributed by atoms with Crippen LogP contribution in [0, 0.1) is 27.1 Å². The van der Waals surface area contributed by atoms with Gasteiger partial charge in [-0.2, -0.15) is 0 Å². The number of carbonyl (C=O) groups is 6. The van der Waals surface area contributed by atoms with E-state index in [0.717, 1.165) is 19.3 Å².